The molecule has 1 amide bonds. The zero-order valence-corrected chi connectivity index (χ0v) is 11.7. The highest BCUT2D eigenvalue weighted by Gasteiger charge is 2.20. The zero-order valence-electron chi connectivity index (χ0n) is 11.7. The van der Waals surface area contributed by atoms with Gasteiger partial charge in [-0.05, 0) is 12.5 Å². The van der Waals surface area contributed by atoms with Gasteiger partial charge in [-0.1, -0.05) is 60.2 Å². The molecule has 0 aliphatic heterocycles. The molecule has 0 fully saturated rings. The Morgan fingerprint density at radius 1 is 0.950 bits per heavy atom. The van der Waals surface area contributed by atoms with E-state index in [0.29, 0.717) is 12.1 Å². The van der Waals surface area contributed by atoms with Gasteiger partial charge in [0.05, 0.1) is 0 Å². The van der Waals surface area contributed by atoms with Crippen molar-refractivity contribution < 1.29 is 9.59 Å². The van der Waals surface area contributed by atoms with Crippen LogP contribution in [0.2, 0.25) is 0 Å². The lowest BCUT2D eigenvalue weighted by molar-refractivity contribution is -0.125. The van der Waals surface area contributed by atoms with E-state index in [0.717, 1.165) is 11.1 Å². The summed E-state index contributed by atoms with van der Waals surface area (Å²) in [5.74, 6) is -0.957. The fourth-order valence-corrected chi connectivity index (χ4v) is 1.93. The molecule has 0 atom stereocenters. The number of amides is 1. The van der Waals surface area contributed by atoms with Crippen LogP contribution >= 0.6 is 0 Å². The second-order valence-corrected chi connectivity index (χ2v) is 4.84. The predicted molar refractivity (Wildman–Crippen MR) is 78.4 cm³/mol. The Hall–Kier alpha value is -2.42. The van der Waals surface area contributed by atoms with Crippen molar-refractivity contribution in [3.05, 3.63) is 71.3 Å². The zero-order chi connectivity index (χ0) is 14.5. The van der Waals surface area contributed by atoms with Gasteiger partial charge in [0.2, 0.25) is 5.78 Å². The maximum absolute atomic E-state index is 12.1. The maximum atomic E-state index is 12.1. The first-order chi connectivity index (χ1) is 9.58. The Bertz CT molecular complexity index is 603. The molecule has 2 aromatic rings. The van der Waals surface area contributed by atoms with Crippen molar-refractivity contribution in [2.75, 3.05) is 7.05 Å². The van der Waals surface area contributed by atoms with Crippen LogP contribution in [-0.2, 0) is 11.3 Å². The predicted octanol–water partition coefficient (Wildman–Crippen LogP) is 2.84. The largest absolute Gasteiger partial charge is 0.335 e. The molecule has 3 nitrogen and oxygen atoms in total. The molecule has 0 spiro atoms. The van der Waals surface area contributed by atoms with E-state index in [1.165, 1.54) is 4.90 Å². The number of likely N-dealkylation sites (N-methyl/N-ethyl adjacent to an activating group) is 1. The fourth-order valence-electron chi connectivity index (χ4n) is 1.93. The third-order valence-corrected chi connectivity index (χ3v) is 3.12. The van der Waals surface area contributed by atoms with Crippen LogP contribution in [0.3, 0.4) is 0 Å². The SMILES string of the molecule is Cc1ccc(C(=O)C(=O)N(C)Cc2ccccc2)cc1. The summed E-state index contributed by atoms with van der Waals surface area (Å²) in [5.41, 5.74) is 2.49. The molecule has 2 rings (SSSR count). The van der Waals surface area contributed by atoms with Gasteiger partial charge in [-0.3, -0.25) is 9.59 Å². The highest BCUT2D eigenvalue weighted by atomic mass is 16.2. The first kappa shape index (κ1) is 14.0. The van der Waals surface area contributed by atoms with Crippen LogP contribution in [-0.4, -0.2) is 23.6 Å². The number of carbonyl (C=O) groups is 2. The number of hydrogen-bond donors (Lipinski definition) is 0. The van der Waals surface area contributed by atoms with Crippen molar-refractivity contribution in [1.29, 1.82) is 0 Å². The van der Waals surface area contributed by atoms with E-state index in [9.17, 15) is 9.59 Å². The molecule has 2 aromatic carbocycles. The van der Waals surface area contributed by atoms with Crippen LogP contribution in [0.5, 0.6) is 0 Å². The molecule has 0 radical (unpaired) electrons. The number of benzene rings is 2. The maximum Gasteiger partial charge on any atom is 0.294 e. The van der Waals surface area contributed by atoms with Gasteiger partial charge in [0.1, 0.15) is 0 Å². The lowest BCUT2D eigenvalue weighted by Crippen LogP contribution is -2.32. The molecule has 0 saturated heterocycles. The Morgan fingerprint density at radius 3 is 2.15 bits per heavy atom. The minimum absolute atomic E-state index is 0.428. The number of nitrogens with zero attached hydrogens (tertiary/aromatic N) is 1. The van der Waals surface area contributed by atoms with E-state index in [1.807, 2.05) is 49.4 Å². The molecular weight excluding hydrogens is 250 g/mol. The average molecular weight is 267 g/mol. The molecule has 0 aliphatic carbocycles. The number of rotatable bonds is 4. The summed E-state index contributed by atoms with van der Waals surface area (Å²) in [6, 6.07) is 16.6. The number of carbonyl (C=O) groups excluding carboxylic acids is 2. The van der Waals surface area contributed by atoms with Crippen LogP contribution in [0.4, 0.5) is 0 Å². The van der Waals surface area contributed by atoms with Crippen molar-refractivity contribution in [2.24, 2.45) is 0 Å². The van der Waals surface area contributed by atoms with Gasteiger partial charge >= 0.3 is 0 Å². The lowest BCUT2D eigenvalue weighted by atomic mass is 10.1. The Balaban J connectivity index is 2.06. The van der Waals surface area contributed by atoms with E-state index in [-0.39, 0.29) is 0 Å². The number of ketones is 1. The monoisotopic (exact) mass is 267 g/mol. The summed E-state index contributed by atoms with van der Waals surface area (Å²) in [4.78, 5) is 25.6. The summed E-state index contributed by atoms with van der Waals surface area (Å²) >= 11 is 0. The summed E-state index contributed by atoms with van der Waals surface area (Å²) in [6.45, 7) is 2.37. The van der Waals surface area contributed by atoms with Crippen LogP contribution in [0, 0.1) is 6.92 Å². The van der Waals surface area contributed by atoms with Gasteiger partial charge in [-0.2, -0.15) is 0 Å². The second-order valence-electron chi connectivity index (χ2n) is 4.84. The molecular formula is C17H17NO2. The summed E-state index contributed by atoms with van der Waals surface area (Å²) in [7, 11) is 1.64. The standard InChI is InChI=1S/C17H17NO2/c1-13-8-10-15(11-9-13)16(19)17(20)18(2)12-14-6-4-3-5-7-14/h3-11H,12H2,1-2H3. The fraction of sp³-hybridized carbons (Fsp3) is 0.176. The van der Waals surface area contributed by atoms with Gasteiger partial charge in [0, 0.05) is 19.2 Å². The highest BCUT2D eigenvalue weighted by molar-refractivity contribution is 6.42. The number of hydrogen-bond acceptors (Lipinski definition) is 2. The molecule has 0 N–H and O–H groups in total. The van der Waals surface area contributed by atoms with Crippen molar-refractivity contribution in [3.8, 4) is 0 Å². The van der Waals surface area contributed by atoms with Crippen LogP contribution in [0.25, 0.3) is 0 Å². The summed E-state index contributed by atoms with van der Waals surface area (Å²) < 4.78 is 0. The molecule has 3 heteroatoms. The van der Waals surface area contributed by atoms with Crippen LogP contribution < -0.4 is 0 Å². The molecule has 0 saturated carbocycles. The van der Waals surface area contributed by atoms with E-state index < -0.39 is 11.7 Å². The highest BCUT2D eigenvalue weighted by Crippen LogP contribution is 2.08. The first-order valence-electron chi connectivity index (χ1n) is 6.48. The molecule has 102 valence electrons. The van der Waals surface area contributed by atoms with Crippen molar-refractivity contribution in [3.63, 3.8) is 0 Å². The average Bonchev–Trinajstić information content (AvgIpc) is 2.47. The Morgan fingerprint density at radius 2 is 1.55 bits per heavy atom. The van der Waals surface area contributed by atoms with Gasteiger partial charge < -0.3 is 4.90 Å². The van der Waals surface area contributed by atoms with Crippen molar-refractivity contribution >= 4 is 11.7 Å². The number of aryl methyl sites for hydroxylation is 1. The molecule has 0 heterocycles. The minimum atomic E-state index is -0.488. The normalized spacial score (nSPS) is 10.1. The van der Waals surface area contributed by atoms with Gasteiger partial charge in [-0.25, -0.2) is 0 Å². The van der Waals surface area contributed by atoms with Gasteiger partial charge in [-0.15, -0.1) is 0 Å². The van der Waals surface area contributed by atoms with Crippen LogP contribution in [0.1, 0.15) is 21.5 Å². The van der Waals surface area contributed by atoms with Crippen molar-refractivity contribution in [1.82, 2.24) is 4.90 Å². The molecule has 0 aromatic heterocycles. The second kappa shape index (κ2) is 6.15. The summed E-state index contributed by atoms with van der Waals surface area (Å²) in [5, 5.41) is 0. The summed E-state index contributed by atoms with van der Waals surface area (Å²) in [6.07, 6.45) is 0. The molecule has 0 aliphatic rings. The van der Waals surface area contributed by atoms with E-state index in [4.69, 9.17) is 0 Å². The van der Waals surface area contributed by atoms with Crippen molar-refractivity contribution in [2.45, 2.75) is 13.5 Å². The topological polar surface area (TPSA) is 37.4 Å². The van der Waals surface area contributed by atoms with E-state index >= 15 is 0 Å². The number of Topliss-reactive ketones (excluding diaryl/α,β-unsaturated/α-hetero) is 1. The molecule has 20 heavy (non-hydrogen) atoms. The Kier molecular flexibility index (Phi) is 4.31. The smallest absolute Gasteiger partial charge is 0.294 e. The quantitative estimate of drug-likeness (QED) is 0.631. The Labute approximate surface area is 118 Å². The first-order valence-corrected chi connectivity index (χ1v) is 6.48. The third-order valence-electron chi connectivity index (χ3n) is 3.12. The van der Waals surface area contributed by atoms with E-state index in [1.54, 1.807) is 19.2 Å². The molecule has 0 bridgehead atoms. The third kappa shape index (κ3) is 3.32. The lowest BCUT2D eigenvalue weighted by Gasteiger charge is -2.16. The molecule has 0 unspecified atom stereocenters. The minimum Gasteiger partial charge on any atom is -0.335 e. The van der Waals surface area contributed by atoms with Gasteiger partial charge in [0.25, 0.3) is 5.91 Å². The van der Waals surface area contributed by atoms with Crippen LogP contribution in [0.15, 0.2) is 54.6 Å². The van der Waals surface area contributed by atoms with E-state index in [2.05, 4.69) is 0 Å². The van der Waals surface area contributed by atoms with Gasteiger partial charge in [0.15, 0.2) is 0 Å².